The minimum absolute atomic E-state index is 1.04. The van der Waals surface area contributed by atoms with Gasteiger partial charge in [0.2, 0.25) is 0 Å². The average molecular weight is 292 g/mol. The van der Waals surface area contributed by atoms with E-state index in [1.807, 2.05) is 12.3 Å². The highest BCUT2D eigenvalue weighted by molar-refractivity contribution is 9.10. The number of para-hydroxylation sites is 1. The maximum atomic E-state index is 4.45. The van der Waals surface area contributed by atoms with Gasteiger partial charge in [-0.1, -0.05) is 18.2 Å². The third-order valence-electron chi connectivity index (χ3n) is 3.14. The molecule has 17 heavy (non-hydrogen) atoms. The van der Waals surface area contributed by atoms with Crippen molar-refractivity contribution in [2.75, 3.05) is 31.1 Å². The fourth-order valence-electron chi connectivity index (χ4n) is 2.31. The summed E-state index contributed by atoms with van der Waals surface area (Å²) >= 11 is 3.63. The summed E-state index contributed by atoms with van der Waals surface area (Å²) in [6, 6.07) is 8.31. The number of anilines is 1. The van der Waals surface area contributed by atoms with Crippen LogP contribution >= 0.6 is 15.9 Å². The van der Waals surface area contributed by atoms with Crippen molar-refractivity contribution in [2.45, 2.75) is 0 Å². The van der Waals surface area contributed by atoms with E-state index in [-0.39, 0.29) is 0 Å². The Morgan fingerprint density at radius 3 is 2.76 bits per heavy atom. The number of fused-ring (bicyclic) bond motifs is 1. The van der Waals surface area contributed by atoms with Gasteiger partial charge in [-0.2, -0.15) is 0 Å². The van der Waals surface area contributed by atoms with E-state index in [1.165, 1.54) is 11.1 Å². The Labute approximate surface area is 109 Å². The van der Waals surface area contributed by atoms with Crippen LogP contribution in [0.1, 0.15) is 0 Å². The standard InChI is InChI=1S/C13H14BrN3/c14-11-9-16-12-4-2-1-3-10(12)13(11)17-7-5-15-6-8-17/h1-4,9,15H,5-8H2. The SMILES string of the molecule is Brc1cnc2ccccc2c1N1CCNCC1. The largest absolute Gasteiger partial charge is 0.367 e. The van der Waals surface area contributed by atoms with Crippen molar-refractivity contribution in [1.29, 1.82) is 0 Å². The summed E-state index contributed by atoms with van der Waals surface area (Å²) in [4.78, 5) is 6.87. The van der Waals surface area contributed by atoms with E-state index in [0.29, 0.717) is 0 Å². The predicted octanol–water partition coefficient (Wildman–Crippen LogP) is 2.41. The Balaban J connectivity index is 2.15. The molecule has 1 saturated heterocycles. The molecule has 0 amide bonds. The Morgan fingerprint density at radius 2 is 1.94 bits per heavy atom. The molecule has 1 N–H and O–H groups in total. The zero-order valence-corrected chi connectivity index (χ0v) is 11.1. The fourth-order valence-corrected chi connectivity index (χ4v) is 2.88. The van der Waals surface area contributed by atoms with Crippen LogP contribution in [0, 0.1) is 0 Å². The highest BCUT2D eigenvalue weighted by atomic mass is 79.9. The molecule has 1 aliphatic rings. The molecule has 1 aromatic heterocycles. The van der Waals surface area contributed by atoms with Crippen LogP contribution < -0.4 is 10.2 Å². The summed E-state index contributed by atoms with van der Waals surface area (Å²) in [6.07, 6.45) is 1.90. The summed E-state index contributed by atoms with van der Waals surface area (Å²) in [5.41, 5.74) is 2.33. The van der Waals surface area contributed by atoms with E-state index in [9.17, 15) is 0 Å². The molecule has 4 heteroatoms. The number of pyridine rings is 1. The predicted molar refractivity (Wildman–Crippen MR) is 74.5 cm³/mol. The highest BCUT2D eigenvalue weighted by Gasteiger charge is 2.16. The first-order valence-electron chi connectivity index (χ1n) is 5.85. The quantitative estimate of drug-likeness (QED) is 0.875. The molecule has 1 aliphatic heterocycles. The van der Waals surface area contributed by atoms with E-state index in [4.69, 9.17) is 0 Å². The number of nitrogens with zero attached hydrogens (tertiary/aromatic N) is 2. The summed E-state index contributed by atoms with van der Waals surface area (Å²) in [5, 5.41) is 4.61. The Kier molecular flexibility index (Phi) is 2.99. The van der Waals surface area contributed by atoms with Crippen molar-refractivity contribution < 1.29 is 0 Å². The third kappa shape index (κ3) is 2.03. The molecule has 2 heterocycles. The molecule has 0 bridgehead atoms. The first kappa shape index (κ1) is 11.0. The Morgan fingerprint density at radius 1 is 1.18 bits per heavy atom. The van der Waals surface area contributed by atoms with Gasteiger partial charge in [0, 0.05) is 37.8 Å². The van der Waals surface area contributed by atoms with Crippen LogP contribution in [0.2, 0.25) is 0 Å². The van der Waals surface area contributed by atoms with Gasteiger partial charge in [-0.15, -0.1) is 0 Å². The van der Waals surface area contributed by atoms with E-state index in [2.05, 4.69) is 49.3 Å². The second kappa shape index (κ2) is 4.63. The summed E-state index contributed by atoms with van der Waals surface area (Å²) in [7, 11) is 0. The van der Waals surface area contributed by atoms with Gasteiger partial charge in [0.25, 0.3) is 0 Å². The molecule has 0 radical (unpaired) electrons. The van der Waals surface area contributed by atoms with Crippen molar-refractivity contribution in [2.24, 2.45) is 0 Å². The first-order chi connectivity index (χ1) is 8.36. The van der Waals surface area contributed by atoms with Crippen LogP contribution in [0.3, 0.4) is 0 Å². The lowest BCUT2D eigenvalue weighted by atomic mass is 10.1. The van der Waals surface area contributed by atoms with Crippen molar-refractivity contribution >= 4 is 32.5 Å². The van der Waals surface area contributed by atoms with Crippen LogP contribution in [0.5, 0.6) is 0 Å². The minimum Gasteiger partial charge on any atom is -0.367 e. The van der Waals surface area contributed by atoms with Gasteiger partial charge >= 0.3 is 0 Å². The number of hydrogen-bond acceptors (Lipinski definition) is 3. The zero-order valence-electron chi connectivity index (χ0n) is 9.49. The summed E-state index contributed by atoms with van der Waals surface area (Å²) < 4.78 is 1.08. The Hall–Kier alpha value is -1.13. The fraction of sp³-hybridized carbons (Fsp3) is 0.308. The number of halogens is 1. The normalized spacial score (nSPS) is 16.4. The summed E-state index contributed by atoms with van der Waals surface area (Å²) in [6.45, 7) is 4.19. The molecule has 1 aromatic carbocycles. The second-order valence-electron chi connectivity index (χ2n) is 4.21. The highest BCUT2D eigenvalue weighted by Crippen LogP contribution is 2.33. The Bertz CT molecular complexity index is 535. The van der Waals surface area contributed by atoms with Gasteiger partial charge in [0.1, 0.15) is 0 Å². The van der Waals surface area contributed by atoms with Gasteiger partial charge < -0.3 is 10.2 Å². The zero-order chi connectivity index (χ0) is 11.7. The molecule has 0 saturated carbocycles. The van der Waals surface area contributed by atoms with Gasteiger partial charge in [0.05, 0.1) is 15.7 Å². The van der Waals surface area contributed by atoms with Crippen molar-refractivity contribution in [3.63, 3.8) is 0 Å². The lowest BCUT2D eigenvalue weighted by Gasteiger charge is -2.31. The lowest BCUT2D eigenvalue weighted by Crippen LogP contribution is -2.43. The van der Waals surface area contributed by atoms with Gasteiger partial charge in [-0.25, -0.2) is 0 Å². The molecule has 3 nitrogen and oxygen atoms in total. The number of aromatic nitrogens is 1. The maximum absolute atomic E-state index is 4.45. The molecule has 0 atom stereocenters. The van der Waals surface area contributed by atoms with Crippen LogP contribution in [0.15, 0.2) is 34.9 Å². The monoisotopic (exact) mass is 291 g/mol. The number of hydrogen-bond donors (Lipinski definition) is 1. The summed E-state index contributed by atoms with van der Waals surface area (Å²) in [5.74, 6) is 0. The van der Waals surface area contributed by atoms with Crippen molar-refractivity contribution in [1.82, 2.24) is 10.3 Å². The molecular formula is C13H14BrN3. The molecule has 0 aliphatic carbocycles. The van der Waals surface area contributed by atoms with E-state index in [1.54, 1.807) is 0 Å². The topological polar surface area (TPSA) is 28.2 Å². The van der Waals surface area contributed by atoms with Crippen LogP contribution in [-0.4, -0.2) is 31.2 Å². The van der Waals surface area contributed by atoms with E-state index in [0.717, 1.165) is 36.2 Å². The van der Waals surface area contributed by atoms with Gasteiger partial charge in [-0.3, -0.25) is 4.98 Å². The van der Waals surface area contributed by atoms with E-state index >= 15 is 0 Å². The first-order valence-corrected chi connectivity index (χ1v) is 6.64. The molecule has 0 unspecified atom stereocenters. The number of benzene rings is 1. The minimum atomic E-state index is 1.04. The second-order valence-corrected chi connectivity index (χ2v) is 5.06. The molecule has 0 spiro atoms. The lowest BCUT2D eigenvalue weighted by molar-refractivity contribution is 0.589. The number of nitrogens with one attached hydrogen (secondary N) is 1. The molecule has 3 rings (SSSR count). The van der Waals surface area contributed by atoms with Crippen molar-refractivity contribution in [3.8, 4) is 0 Å². The van der Waals surface area contributed by atoms with Crippen LogP contribution in [0.4, 0.5) is 5.69 Å². The molecule has 1 fully saturated rings. The van der Waals surface area contributed by atoms with Crippen LogP contribution in [0.25, 0.3) is 10.9 Å². The van der Waals surface area contributed by atoms with Crippen LogP contribution in [-0.2, 0) is 0 Å². The van der Waals surface area contributed by atoms with E-state index < -0.39 is 0 Å². The third-order valence-corrected chi connectivity index (χ3v) is 3.72. The average Bonchev–Trinajstić information content (AvgIpc) is 2.39. The van der Waals surface area contributed by atoms with Crippen molar-refractivity contribution in [3.05, 3.63) is 34.9 Å². The molecule has 2 aromatic rings. The number of rotatable bonds is 1. The van der Waals surface area contributed by atoms with Gasteiger partial charge in [-0.05, 0) is 22.0 Å². The van der Waals surface area contributed by atoms with Gasteiger partial charge in [0.15, 0.2) is 0 Å². The smallest absolute Gasteiger partial charge is 0.0723 e. The maximum Gasteiger partial charge on any atom is 0.0723 e. The molecular weight excluding hydrogens is 278 g/mol. The molecule has 88 valence electrons. The number of piperazine rings is 1.